The molecule has 0 aromatic carbocycles. The average molecular weight is 153 g/mol. The number of hydrogen-bond acceptors (Lipinski definition) is 1. The van der Waals surface area contributed by atoms with Gasteiger partial charge in [-0.3, -0.25) is 4.99 Å². The Morgan fingerprint density at radius 1 is 1.27 bits per heavy atom. The number of nitrogens with zero attached hydrogens (tertiary/aromatic N) is 1. The highest BCUT2D eigenvalue weighted by atomic mass is 14.9. The minimum absolute atomic E-state index is 0.639. The molecule has 0 aromatic rings. The van der Waals surface area contributed by atoms with E-state index < -0.39 is 0 Å². The Balaban J connectivity index is 2.48. The molecule has 0 radical (unpaired) electrons. The molecule has 3 atom stereocenters. The van der Waals surface area contributed by atoms with E-state index in [1.807, 2.05) is 0 Å². The lowest BCUT2D eigenvalue weighted by Crippen LogP contribution is -1.95. The van der Waals surface area contributed by atoms with Gasteiger partial charge in [0.25, 0.3) is 0 Å². The van der Waals surface area contributed by atoms with E-state index in [1.54, 1.807) is 0 Å². The van der Waals surface area contributed by atoms with Crippen molar-refractivity contribution in [3.8, 4) is 0 Å². The van der Waals surface area contributed by atoms with Crippen molar-refractivity contribution in [2.45, 2.75) is 40.7 Å². The van der Waals surface area contributed by atoms with Crippen molar-refractivity contribution in [1.82, 2.24) is 0 Å². The van der Waals surface area contributed by atoms with Crippen LogP contribution in [-0.4, -0.2) is 11.8 Å². The molecule has 64 valence electrons. The second kappa shape index (κ2) is 2.96. The zero-order chi connectivity index (χ0) is 8.59. The first kappa shape index (κ1) is 8.76. The molecule has 1 rings (SSSR count). The summed E-state index contributed by atoms with van der Waals surface area (Å²) in [6.45, 7) is 11.1. The van der Waals surface area contributed by atoms with Gasteiger partial charge in [0, 0.05) is 5.71 Å². The van der Waals surface area contributed by atoms with E-state index in [4.69, 9.17) is 0 Å². The molecule has 1 aliphatic rings. The molecule has 0 saturated heterocycles. The summed E-state index contributed by atoms with van der Waals surface area (Å²) < 4.78 is 0. The summed E-state index contributed by atoms with van der Waals surface area (Å²) in [6.07, 6.45) is 0. The lowest BCUT2D eigenvalue weighted by atomic mass is 10.1. The monoisotopic (exact) mass is 153 g/mol. The fraction of sp³-hybridized carbons (Fsp3) is 0.900. The molecule has 0 heterocycles. The zero-order valence-electron chi connectivity index (χ0n) is 8.26. The molecule has 11 heavy (non-hydrogen) atoms. The first-order chi connectivity index (χ1) is 5.04. The maximum absolute atomic E-state index is 4.59. The van der Waals surface area contributed by atoms with E-state index >= 15 is 0 Å². The third-order valence-electron chi connectivity index (χ3n) is 2.58. The van der Waals surface area contributed by atoms with Crippen LogP contribution in [0.3, 0.4) is 0 Å². The topological polar surface area (TPSA) is 12.4 Å². The van der Waals surface area contributed by atoms with Gasteiger partial charge in [-0.25, -0.2) is 0 Å². The number of rotatable bonds is 2. The minimum Gasteiger partial charge on any atom is -0.291 e. The minimum atomic E-state index is 0.639. The Morgan fingerprint density at radius 2 is 1.82 bits per heavy atom. The molecule has 0 spiro atoms. The van der Waals surface area contributed by atoms with Crippen LogP contribution < -0.4 is 0 Å². The van der Waals surface area contributed by atoms with Gasteiger partial charge in [-0.1, -0.05) is 20.8 Å². The normalized spacial score (nSPS) is 35.6. The van der Waals surface area contributed by atoms with E-state index in [9.17, 15) is 0 Å². The van der Waals surface area contributed by atoms with Gasteiger partial charge in [0.05, 0.1) is 6.04 Å². The molecule has 1 heteroatoms. The van der Waals surface area contributed by atoms with Gasteiger partial charge >= 0.3 is 0 Å². The van der Waals surface area contributed by atoms with Crippen LogP contribution in [0, 0.1) is 17.8 Å². The molecule has 1 saturated carbocycles. The van der Waals surface area contributed by atoms with Crippen molar-refractivity contribution in [3.05, 3.63) is 0 Å². The van der Waals surface area contributed by atoms with Crippen molar-refractivity contribution < 1.29 is 0 Å². The third kappa shape index (κ3) is 1.82. The summed E-state index contributed by atoms with van der Waals surface area (Å²) in [5.74, 6) is 2.48. The second-order valence-corrected chi connectivity index (χ2v) is 4.25. The van der Waals surface area contributed by atoms with Crippen molar-refractivity contribution >= 4 is 5.71 Å². The molecule has 0 N–H and O–H groups in total. The van der Waals surface area contributed by atoms with Gasteiger partial charge in [0.2, 0.25) is 0 Å². The molecule has 1 fully saturated rings. The summed E-state index contributed by atoms with van der Waals surface area (Å²) in [5, 5.41) is 0. The number of aliphatic imine (C=N–C) groups is 1. The van der Waals surface area contributed by atoms with Crippen molar-refractivity contribution in [2.75, 3.05) is 0 Å². The van der Waals surface area contributed by atoms with Gasteiger partial charge in [-0.05, 0) is 31.6 Å². The summed E-state index contributed by atoms with van der Waals surface area (Å²) in [5.41, 5.74) is 1.23. The molecular formula is C10H19N. The predicted molar refractivity (Wildman–Crippen MR) is 50.1 cm³/mol. The van der Waals surface area contributed by atoms with E-state index in [1.165, 1.54) is 5.71 Å². The zero-order valence-corrected chi connectivity index (χ0v) is 8.26. The Hall–Kier alpha value is -0.330. The first-order valence-electron chi connectivity index (χ1n) is 4.55. The van der Waals surface area contributed by atoms with E-state index in [0.717, 1.165) is 17.8 Å². The quantitative estimate of drug-likeness (QED) is 0.541. The molecule has 0 amide bonds. The van der Waals surface area contributed by atoms with Crippen LogP contribution in [0.2, 0.25) is 0 Å². The van der Waals surface area contributed by atoms with Crippen LogP contribution in [0.1, 0.15) is 34.6 Å². The second-order valence-electron chi connectivity index (χ2n) is 4.25. The lowest BCUT2D eigenvalue weighted by molar-refractivity contribution is 0.523. The fourth-order valence-electron chi connectivity index (χ4n) is 1.98. The Labute approximate surface area is 69.9 Å². The van der Waals surface area contributed by atoms with Crippen molar-refractivity contribution in [2.24, 2.45) is 22.7 Å². The van der Waals surface area contributed by atoms with Crippen LogP contribution in [0.5, 0.6) is 0 Å². The lowest BCUT2D eigenvalue weighted by Gasteiger charge is -1.99. The van der Waals surface area contributed by atoms with Gasteiger partial charge in [0.15, 0.2) is 0 Å². The highest BCUT2D eigenvalue weighted by molar-refractivity contribution is 5.79. The van der Waals surface area contributed by atoms with Gasteiger partial charge in [-0.2, -0.15) is 0 Å². The standard InChI is InChI=1S/C10H19N/c1-6(2)9-8(5)10(9)11-7(3)4/h6,8-10H,1-5H3. The first-order valence-corrected chi connectivity index (χ1v) is 4.55. The largest absolute Gasteiger partial charge is 0.291 e. The summed E-state index contributed by atoms with van der Waals surface area (Å²) in [4.78, 5) is 4.59. The molecule has 3 unspecified atom stereocenters. The predicted octanol–water partition coefficient (Wildman–Crippen LogP) is 2.76. The maximum Gasteiger partial charge on any atom is 0.0561 e. The fourth-order valence-corrected chi connectivity index (χ4v) is 1.98. The summed E-state index contributed by atoms with van der Waals surface area (Å²) in [7, 11) is 0. The Morgan fingerprint density at radius 3 is 2.09 bits per heavy atom. The Kier molecular flexibility index (Phi) is 2.36. The van der Waals surface area contributed by atoms with Crippen LogP contribution >= 0.6 is 0 Å². The van der Waals surface area contributed by atoms with E-state index in [2.05, 4.69) is 39.6 Å². The highest BCUT2D eigenvalue weighted by Crippen LogP contribution is 2.46. The van der Waals surface area contributed by atoms with Crippen LogP contribution in [0.25, 0.3) is 0 Å². The molecular weight excluding hydrogens is 134 g/mol. The van der Waals surface area contributed by atoms with E-state index in [-0.39, 0.29) is 0 Å². The van der Waals surface area contributed by atoms with Crippen LogP contribution in [-0.2, 0) is 0 Å². The maximum atomic E-state index is 4.59. The van der Waals surface area contributed by atoms with Gasteiger partial charge in [0.1, 0.15) is 0 Å². The number of hydrogen-bond donors (Lipinski definition) is 0. The van der Waals surface area contributed by atoms with Crippen molar-refractivity contribution in [1.29, 1.82) is 0 Å². The molecule has 1 nitrogen and oxygen atoms in total. The van der Waals surface area contributed by atoms with Crippen LogP contribution in [0.4, 0.5) is 0 Å². The molecule has 1 aliphatic carbocycles. The molecule has 0 bridgehead atoms. The average Bonchev–Trinajstić information content (AvgIpc) is 2.40. The smallest absolute Gasteiger partial charge is 0.0561 e. The molecule has 0 aromatic heterocycles. The van der Waals surface area contributed by atoms with Gasteiger partial charge in [-0.15, -0.1) is 0 Å². The summed E-state index contributed by atoms with van der Waals surface area (Å²) >= 11 is 0. The summed E-state index contributed by atoms with van der Waals surface area (Å²) in [6, 6.07) is 0.639. The highest BCUT2D eigenvalue weighted by Gasteiger charge is 2.48. The van der Waals surface area contributed by atoms with Crippen molar-refractivity contribution in [3.63, 3.8) is 0 Å². The van der Waals surface area contributed by atoms with Gasteiger partial charge < -0.3 is 0 Å². The molecule has 0 aliphatic heterocycles. The van der Waals surface area contributed by atoms with E-state index in [0.29, 0.717) is 6.04 Å². The van der Waals surface area contributed by atoms with Crippen LogP contribution in [0.15, 0.2) is 4.99 Å². The Bertz CT molecular complexity index is 166. The third-order valence-corrected chi connectivity index (χ3v) is 2.58. The SMILES string of the molecule is CC(C)=NC1C(C)C1C(C)C.